The Labute approximate surface area is 135 Å². The highest BCUT2D eigenvalue weighted by Crippen LogP contribution is 2.29. The molecule has 23 heavy (non-hydrogen) atoms. The minimum absolute atomic E-state index is 0.236. The van der Waals surface area contributed by atoms with Gasteiger partial charge in [0.05, 0.1) is 32.1 Å². The standard InChI is InChI=1S/C16H22N4O3/c1-5-20-12(8-9-17-20)11-19(2)16(21)18-14-10-13(22-3)6-7-15(14)23-4/h6-10H,5,11H2,1-4H3,(H,18,21). The maximum Gasteiger partial charge on any atom is 0.322 e. The van der Waals surface area contributed by atoms with Crippen molar-refractivity contribution < 1.29 is 14.3 Å². The summed E-state index contributed by atoms with van der Waals surface area (Å²) in [6.45, 7) is 3.24. The molecule has 2 aromatic rings. The molecule has 0 aliphatic heterocycles. The van der Waals surface area contributed by atoms with E-state index in [9.17, 15) is 4.79 Å². The lowest BCUT2D eigenvalue weighted by Gasteiger charge is -2.19. The summed E-state index contributed by atoms with van der Waals surface area (Å²) >= 11 is 0. The number of hydrogen-bond acceptors (Lipinski definition) is 4. The van der Waals surface area contributed by atoms with Gasteiger partial charge in [-0.25, -0.2) is 4.79 Å². The summed E-state index contributed by atoms with van der Waals surface area (Å²) in [6, 6.07) is 6.92. The number of benzene rings is 1. The Balaban J connectivity index is 2.09. The van der Waals surface area contributed by atoms with Crippen LogP contribution in [-0.4, -0.2) is 42.0 Å². The molecule has 0 bridgehead atoms. The van der Waals surface area contributed by atoms with Crippen molar-refractivity contribution in [2.45, 2.75) is 20.0 Å². The van der Waals surface area contributed by atoms with Crippen LogP contribution >= 0.6 is 0 Å². The number of anilines is 1. The van der Waals surface area contributed by atoms with Gasteiger partial charge >= 0.3 is 6.03 Å². The lowest BCUT2D eigenvalue weighted by atomic mass is 10.2. The molecule has 7 heteroatoms. The molecule has 0 aliphatic carbocycles. The second-order valence-electron chi connectivity index (χ2n) is 4.99. The zero-order valence-corrected chi connectivity index (χ0v) is 13.9. The van der Waals surface area contributed by atoms with Crippen LogP contribution in [0.2, 0.25) is 0 Å². The highest BCUT2D eigenvalue weighted by atomic mass is 16.5. The van der Waals surface area contributed by atoms with Crippen LogP contribution in [0.3, 0.4) is 0 Å². The summed E-state index contributed by atoms with van der Waals surface area (Å²) in [5.74, 6) is 1.22. The normalized spacial score (nSPS) is 10.3. The van der Waals surface area contributed by atoms with Crippen molar-refractivity contribution in [1.82, 2.24) is 14.7 Å². The van der Waals surface area contributed by atoms with Crippen LogP contribution in [0.5, 0.6) is 11.5 Å². The van der Waals surface area contributed by atoms with Gasteiger partial charge in [-0.05, 0) is 25.1 Å². The van der Waals surface area contributed by atoms with Gasteiger partial charge in [-0.2, -0.15) is 5.10 Å². The van der Waals surface area contributed by atoms with E-state index in [1.54, 1.807) is 50.6 Å². The Hall–Kier alpha value is -2.70. The number of hydrogen-bond donors (Lipinski definition) is 1. The molecule has 0 spiro atoms. The summed E-state index contributed by atoms with van der Waals surface area (Å²) in [7, 11) is 4.86. The van der Waals surface area contributed by atoms with E-state index in [2.05, 4.69) is 10.4 Å². The molecule has 0 saturated carbocycles. The van der Waals surface area contributed by atoms with E-state index in [4.69, 9.17) is 9.47 Å². The van der Waals surface area contributed by atoms with E-state index < -0.39 is 0 Å². The lowest BCUT2D eigenvalue weighted by molar-refractivity contribution is 0.219. The predicted molar refractivity (Wildman–Crippen MR) is 87.9 cm³/mol. The number of rotatable bonds is 6. The van der Waals surface area contributed by atoms with E-state index in [1.165, 1.54) is 0 Å². The van der Waals surface area contributed by atoms with E-state index in [-0.39, 0.29) is 6.03 Å². The molecule has 0 radical (unpaired) electrons. The minimum Gasteiger partial charge on any atom is -0.497 e. The van der Waals surface area contributed by atoms with Gasteiger partial charge in [-0.1, -0.05) is 0 Å². The SMILES string of the molecule is CCn1nccc1CN(C)C(=O)Nc1cc(OC)ccc1OC. The number of urea groups is 1. The number of methoxy groups -OCH3 is 2. The number of ether oxygens (including phenoxy) is 2. The fourth-order valence-corrected chi connectivity index (χ4v) is 2.22. The van der Waals surface area contributed by atoms with Crippen molar-refractivity contribution in [2.24, 2.45) is 0 Å². The van der Waals surface area contributed by atoms with Gasteiger partial charge in [-0.15, -0.1) is 0 Å². The van der Waals surface area contributed by atoms with Crippen molar-refractivity contribution in [1.29, 1.82) is 0 Å². The van der Waals surface area contributed by atoms with Crippen molar-refractivity contribution in [2.75, 3.05) is 26.6 Å². The number of carbonyl (C=O) groups is 1. The molecule has 0 saturated heterocycles. The molecule has 0 fully saturated rings. The highest BCUT2D eigenvalue weighted by molar-refractivity contribution is 5.91. The largest absolute Gasteiger partial charge is 0.497 e. The molecule has 7 nitrogen and oxygen atoms in total. The van der Waals surface area contributed by atoms with E-state index in [0.717, 1.165) is 12.2 Å². The van der Waals surface area contributed by atoms with Crippen LogP contribution in [0.4, 0.5) is 10.5 Å². The predicted octanol–water partition coefficient (Wildman–Crippen LogP) is 2.58. The Morgan fingerprint density at radius 1 is 1.30 bits per heavy atom. The molecule has 1 heterocycles. The number of carbonyl (C=O) groups excluding carboxylic acids is 1. The second kappa shape index (κ2) is 7.53. The molecular weight excluding hydrogens is 296 g/mol. The topological polar surface area (TPSA) is 68.6 Å². The van der Waals surface area contributed by atoms with Crippen LogP contribution in [0.1, 0.15) is 12.6 Å². The van der Waals surface area contributed by atoms with Gasteiger partial charge in [0.25, 0.3) is 0 Å². The third-order valence-electron chi connectivity index (χ3n) is 3.50. The Morgan fingerprint density at radius 2 is 2.09 bits per heavy atom. The van der Waals surface area contributed by atoms with Gasteiger partial charge < -0.3 is 19.7 Å². The van der Waals surface area contributed by atoms with Gasteiger partial charge in [0, 0.05) is 25.9 Å². The zero-order chi connectivity index (χ0) is 16.8. The lowest BCUT2D eigenvalue weighted by Crippen LogP contribution is -2.31. The summed E-state index contributed by atoms with van der Waals surface area (Å²) in [6.07, 6.45) is 1.73. The van der Waals surface area contributed by atoms with Crippen molar-refractivity contribution in [3.8, 4) is 11.5 Å². The van der Waals surface area contributed by atoms with Gasteiger partial charge in [-0.3, -0.25) is 4.68 Å². The third-order valence-corrected chi connectivity index (χ3v) is 3.50. The van der Waals surface area contributed by atoms with E-state index in [1.807, 2.05) is 17.7 Å². The van der Waals surface area contributed by atoms with Crippen LogP contribution in [0.25, 0.3) is 0 Å². The molecule has 0 unspecified atom stereocenters. The average molecular weight is 318 g/mol. The van der Waals surface area contributed by atoms with Crippen molar-refractivity contribution >= 4 is 11.7 Å². The molecule has 124 valence electrons. The summed E-state index contributed by atoms with van der Waals surface area (Å²) in [5.41, 5.74) is 1.54. The first-order chi connectivity index (χ1) is 11.1. The summed E-state index contributed by atoms with van der Waals surface area (Å²) < 4.78 is 12.3. The minimum atomic E-state index is -0.236. The van der Waals surface area contributed by atoms with E-state index in [0.29, 0.717) is 23.7 Å². The van der Waals surface area contributed by atoms with Crippen molar-refractivity contribution in [3.05, 3.63) is 36.2 Å². The van der Waals surface area contributed by atoms with Crippen LogP contribution in [0.15, 0.2) is 30.5 Å². The number of amides is 2. The molecule has 2 rings (SSSR count). The smallest absolute Gasteiger partial charge is 0.322 e. The number of nitrogens with zero attached hydrogens (tertiary/aromatic N) is 3. The Morgan fingerprint density at radius 3 is 2.74 bits per heavy atom. The first-order valence-electron chi connectivity index (χ1n) is 7.33. The molecule has 1 aromatic carbocycles. The summed E-state index contributed by atoms with van der Waals surface area (Å²) in [5, 5.41) is 7.04. The first-order valence-corrected chi connectivity index (χ1v) is 7.33. The van der Waals surface area contributed by atoms with Crippen molar-refractivity contribution in [3.63, 3.8) is 0 Å². The third kappa shape index (κ3) is 3.94. The van der Waals surface area contributed by atoms with Gasteiger partial charge in [0.15, 0.2) is 0 Å². The number of aromatic nitrogens is 2. The quantitative estimate of drug-likeness (QED) is 0.889. The van der Waals surface area contributed by atoms with Gasteiger partial charge in [0.1, 0.15) is 11.5 Å². The molecule has 1 aromatic heterocycles. The fraction of sp³-hybridized carbons (Fsp3) is 0.375. The molecule has 0 atom stereocenters. The monoisotopic (exact) mass is 318 g/mol. The Bertz CT molecular complexity index is 669. The average Bonchev–Trinajstić information content (AvgIpc) is 3.01. The highest BCUT2D eigenvalue weighted by Gasteiger charge is 2.14. The number of nitrogens with one attached hydrogen (secondary N) is 1. The van der Waals surface area contributed by atoms with E-state index >= 15 is 0 Å². The zero-order valence-electron chi connectivity index (χ0n) is 13.9. The van der Waals surface area contributed by atoms with Crippen LogP contribution in [0, 0.1) is 0 Å². The fourth-order valence-electron chi connectivity index (χ4n) is 2.22. The maximum absolute atomic E-state index is 12.4. The molecule has 1 N–H and O–H groups in total. The number of aryl methyl sites for hydroxylation is 1. The summed E-state index contributed by atoms with van der Waals surface area (Å²) in [4.78, 5) is 14.0. The maximum atomic E-state index is 12.4. The van der Waals surface area contributed by atoms with Gasteiger partial charge in [0.2, 0.25) is 0 Å². The molecule has 2 amide bonds. The second-order valence-corrected chi connectivity index (χ2v) is 4.99. The van der Waals surface area contributed by atoms with Crippen LogP contribution < -0.4 is 14.8 Å². The first kappa shape index (κ1) is 16.7. The van der Waals surface area contributed by atoms with Crippen LogP contribution in [-0.2, 0) is 13.1 Å². The Kier molecular flexibility index (Phi) is 5.46. The molecule has 0 aliphatic rings. The molecular formula is C16H22N4O3.